The van der Waals surface area contributed by atoms with Crippen molar-refractivity contribution in [2.45, 2.75) is 65.3 Å². The van der Waals surface area contributed by atoms with Gasteiger partial charge in [0.15, 0.2) is 17.3 Å². The molecular formula is C42H48O13. The summed E-state index contributed by atoms with van der Waals surface area (Å²) in [7, 11) is 0. The average molecular weight is 761 g/mol. The first-order valence-electron chi connectivity index (χ1n) is 16.7. The van der Waals surface area contributed by atoms with Crippen LogP contribution in [0.25, 0.3) is 0 Å². The predicted octanol–water partition coefficient (Wildman–Crippen LogP) is 5.60. The molecule has 0 aromatic heterocycles. The summed E-state index contributed by atoms with van der Waals surface area (Å²) in [5.41, 5.74) is -2.82. The van der Waals surface area contributed by atoms with Crippen molar-refractivity contribution in [1.82, 2.24) is 0 Å². The number of rotatable bonds is 15. The molecule has 0 aliphatic carbocycles. The molecule has 0 heterocycles. The zero-order chi connectivity index (χ0) is 42.1. The summed E-state index contributed by atoms with van der Waals surface area (Å²) in [5.74, 6) is -1.52. The Kier molecular flexibility index (Phi) is 18.0. The number of hydrogen-bond donors (Lipinski definition) is 3. The van der Waals surface area contributed by atoms with E-state index in [2.05, 4.69) is 19.7 Å². The molecule has 0 aliphatic rings. The van der Waals surface area contributed by atoms with Crippen molar-refractivity contribution in [2.75, 3.05) is 13.2 Å². The van der Waals surface area contributed by atoms with Crippen LogP contribution in [-0.2, 0) is 19.1 Å². The van der Waals surface area contributed by atoms with Gasteiger partial charge < -0.3 is 34.3 Å². The van der Waals surface area contributed by atoms with Gasteiger partial charge in [-0.05, 0) is 121 Å². The summed E-state index contributed by atoms with van der Waals surface area (Å²) in [6.07, 6.45) is 2.13. The van der Waals surface area contributed by atoms with E-state index in [0.29, 0.717) is 39.5 Å². The summed E-state index contributed by atoms with van der Waals surface area (Å²) in [5, 5.41) is 28.7. The van der Waals surface area contributed by atoms with E-state index >= 15 is 0 Å². The molecule has 0 atom stereocenters. The fourth-order valence-electron chi connectivity index (χ4n) is 3.82. The molecule has 0 saturated heterocycles. The molecule has 0 saturated carbocycles. The zero-order valence-electron chi connectivity index (χ0n) is 32.0. The topological polar surface area (TPSA) is 200 Å². The molecule has 3 N–H and O–H groups in total. The van der Waals surface area contributed by atoms with Crippen molar-refractivity contribution in [3.63, 3.8) is 0 Å². The fourth-order valence-corrected chi connectivity index (χ4v) is 3.82. The van der Waals surface area contributed by atoms with Gasteiger partial charge in [0.1, 0.15) is 47.3 Å². The maximum absolute atomic E-state index is 11.8. The van der Waals surface area contributed by atoms with Crippen LogP contribution < -0.4 is 14.2 Å². The molecule has 0 amide bonds. The molecule has 3 aromatic carbocycles. The molecule has 3 aromatic rings. The molecule has 0 radical (unpaired) electrons. The first-order valence-corrected chi connectivity index (χ1v) is 16.7. The Morgan fingerprint density at radius 2 is 0.873 bits per heavy atom. The molecule has 13 nitrogen and oxygen atoms in total. The minimum Gasteiger partial charge on any atom is -0.490 e. The van der Waals surface area contributed by atoms with Gasteiger partial charge in [-0.1, -0.05) is 19.7 Å². The lowest BCUT2D eigenvalue weighted by Crippen LogP contribution is -2.31. The Morgan fingerprint density at radius 1 is 0.545 bits per heavy atom. The highest BCUT2D eigenvalue weighted by Gasteiger charge is 2.26. The molecule has 0 aliphatic heterocycles. The Balaban J connectivity index is 0.000000414. The van der Waals surface area contributed by atoms with Crippen molar-refractivity contribution in [2.24, 2.45) is 0 Å². The molecule has 0 fully saturated rings. The van der Waals surface area contributed by atoms with Gasteiger partial charge in [0.25, 0.3) is 0 Å². The number of aliphatic hydroxyl groups is 3. The number of ether oxygens (including phenoxy) is 4. The summed E-state index contributed by atoms with van der Waals surface area (Å²) < 4.78 is 19.9. The summed E-state index contributed by atoms with van der Waals surface area (Å²) in [6, 6.07) is 18.3. The van der Waals surface area contributed by atoms with Crippen molar-refractivity contribution >= 4 is 35.3 Å². The van der Waals surface area contributed by atoms with Gasteiger partial charge in [-0.15, -0.1) is 0 Å². The average Bonchev–Trinajstić information content (AvgIpc) is 3.12. The van der Waals surface area contributed by atoms with Crippen molar-refractivity contribution in [3.8, 4) is 17.2 Å². The number of esters is 3. The van der Waals surface area contributed by atoms with Crippen LogP contribution in [0.15, 0.2) is 110 Å². The van der Waals surface area contributed by atoms with E-state index in [-0.39, 0.29) is 30.6 Å². The maximum atomic E-state index is 11.8. The Hall–Kier alpha value is -6.02. The molecule has 55 heavy (non-hydrogen) atoms. The summed E-state index contributed by atoms with van der Waals surface area (Å²) in [4.78, 5) is 68.2. The highest BCUT2D eigenvalue weighted by atomic mass is 16.6. The largest absolute Gasteiger partial charge is 0.490 e. The van der Waals surface area contributed by atoms with Crippen LogP contribution in [-0.4, -0.2) is 80.6 Å². The third kappa shape index (κ3) is 17.1. The highest BCUT2D eigenvalue weighted by molar-refractivity contribution is 6.03. The molecule has 3 rings (SSSR count). The van der Waals surface area contributed by atoms with E-state index in [1.54, 1.807) is 31.2 Å². The van der Waals surface area contributed by atoms with Crippen molar-refractivity contribution in [1.29, 1.82) is 0 Å². The van der Waals surface area contributed by atoms with Gasteiger partial charge in [-0.2, -0.15) is 0 Å². The second kappa shape index (κ2) is 21.0. The van der Waals surface area contributed by atoms with E-state index in [4.69, 9.17) is 18.9 Å². The standard InChI is InChI=1S/C15H18O5.C14H16O4.C13H14O4/c1-4-13(16)20-10-9-19-12-7-5-11(6-8-12)14(17)15(2,3)18;1-9(2)13(16)18-11-7-5-10(6-8-11)12(15)14(3,4)17;1-4-11(14)17-10-7-5-9(6-8-10)12(15)13(2,3)16/h4-8,18H,1,9-10H2,2-3H3;5-8,17H,1H2,2-4H3;4-8,16H,1H2,2-3H3. The van der Waals surface area contributed by atoms with Crippen LogP contribution in [0.2, 0.25) is 0 Å². The smallest absolute Gasteiger partial charge is 0.338 e. The maximum Gasteiger partial charge on any atom is 0.338 e. The van der Waals surface area contributed by atoms with Crippen LogP contribution >= 0.6 is 0 Å². The molecular weight excluding hydrogens is 712 g/mol. The lowest BCUT2D eigenvalue weighted by Gasteiger charge is -2.15. The van der Waals surface area contributed by atoms with Crippen LogP contribution in [0, 0.1) is 0 Å². The van der Waals surface area contributed by atoms with E-state index in [1.807, 2.05) is 0 Å². The van der Waals surface area contributed by atoms with Gasteiger partial charge in [-0.25, -0.2) is 14.4 Å². The van der Waals surface area contributed by atoms with E-state index < -0.39 is 34.7 Å². The molecule has 0 bridgehead atoms. The summed E-state index contributed by atoms with van der Waals surface area (Å²) in [6.45, 7) is 20.4. The van der Waals surface area contributed by atoms with Crippen molar-refractivity contribution < 1.29 is 63.0 Å². The third-order valence-corrected chi connectivity index (χ3v) is 6.72. The van der Waals surface area contributed by atoms with Crippen LogP contribution in [0.3, 0.4) is 0 Å². The monoisotopic (exact) mass is 760 g/mol. The van der Waals surface area contributed by atoms with Crippen molar-refractivity contribution in [3.05, 3.63) is 127 Å². The lowest BCUT2D eigenvalue weighted by atomic mass is 9.97. The minimum atomic E-state index is -1.42. The quantitative estimate of drug-likeness (QED) is 0.0569. The number of carbonyl (C=O) groups excluding carboxylic acids is 6. The SMILES string of the molecule is C=C(C)C(=O)Oc1ccc(C(=O)C(C)(C)O)cc1.C=CC(=O)OCCOc1ccc(C(=O)C(C)(C)O)cc1.C=CC(=O)Oc1ccc(C(=O)C(C)(C)O)cc1. The second-order valence-corrected chi connectivity index (χ2v) is 13.3. The second-order valence-electron chi connectivity index (χ2n) is 13.3. The van der Waals surface area contributed by atoms with E-state index in [1.165, 1.54) is 90.1 Å². The van der Waals surface area contributed by atoms with Gasteiger partial charge >= 0.3 is 17.9 Å². The Labute approximate surface area is 320 Å². The van der Waals surface area contributed by atoms with Crippen LogP contribution in [0.5, 0.6) is 17.2 Å². The molecule has 13 heteroatoms. The summed E-state index contributed by atoms with van der Waals surface area (Å²) >= 11 is 0. The number of hydrogen-bond acceptors (Lipinski definition) is 13. The first-order chi connectivity index (χ1) is 25.4. The number of Topliss-reactive ketones (excluding diaryl/α,β-unsaturated/α-hetero) is 3. The Morgan fingerprint density at radius 3 is 1.18 bits per heavy atom. The van der Waals surface area contributed by atoms with Crippen LogP contribution in [0.4, 0.5) is 0 Å². The van der Waals surface area contributed by atoms with Gasteiger partial charge in [0, 0.05) is 34.4 Å². The number of benzene rings is 3. The van der Waals surface area contributed by atoms with Gasteiger partial charge in [0.05, 0.1) is 0 Å². The zero-order valence-corrected chi connectivity index (χ0v) is 32.0. The predicted molar refractivity (Wildman–Crippen MR) is 204 cm³/mol. The first kappa shape index (κ1) is 47.0. The highest BCUT2D eigenvalue weighted by Crippen LogP contribution is 2.20. The lowest BCUT2D eigenvalue weighted by molar-refractivity contribution is -0.138. The normalized spacial score (nSPS) is 10.8. The van der Waals surface area contributed by atoms with E-state index in [0.717, 1.165) is 12.2 Å². The molecule has 0 spiro atoms. The molecule has 0 unspecified atom stereocenters. The number of ketones is 3. The van der Waals surface area contributed by atoms with Gasteiger partial charge in [0.2, 0.25) is 0 Å². The van der Waals surface area contributed by atoms with Gasteiger partial charge in [-0.3, -0.25) is 14.4 Å². The Bertz CT molecular complexity index is 1830. The minimum absolute atomic E-state index is 0.120. The number of carbonyl (C=O) groups is 6. The third-order valence-electron chi connectivity index (χ3n) is 6.72. The van der Waals surface area contributed by atoms with E-state index in [9.17, 15) is 44.1 Å². The molecule has 294 valence electrons. The fraction of sp³-hybridized carbons (Fsp3) is 0.286. The van der Waals surface area contributed by atoms with Crippen LogP contribution in [0.1, 0.15) is 79.5 Å².